The number of likely N-dealkylation sites (tertiary alicyclic amines) is 1. The molecule has 2 aromatic heterocycles. The second kappa shape index (κ2) is 8.67. The maximum Gasteiger partial charge on any atom is 0.337 e. The highest BCUT2D eigenvalue weighted by molar-refractivity contribution is 5.94. The molecule has 0 radical (unpaired) electrons. The highest BCUT2D eigenvalue weighted by Crippen LogP contribution is 2.30. The van der Waals surface area contributed by atoms with Crippen molar-refractivity contribution in [2.75, 3.05) is 37.5 Å². The molecule has 1 aliphatic rings. The van der Waals surface area contributed by atoms with Gasteiger partial charge >= 0.3 is 12.0 Å². The zero-order valence-corrected chi connectivity index (χ0v) is 18.0. The average molecular weight is 422 g/mol. The standard InChI is InChI=1S/C23H27N5O3/c1-15-9-12-28(23(30)26-17-6-4-5-16(13-17)22(29)31-3)14-20(15)27(2)19-8-11-25-21-18(19)7-10-24-21/h4-8,10-11,13,15,20H,9,12,14H2,1-3H3,(H,24,25)(H,26,30)/t15-,20+/m1/s1. The number of aromatic nitrogens is 2. The number of methoxy groups -OCH3 is 1. The number of amides is 2. The minimum Gasteiger partial charge on any atom is -0.465 e. The maximum absolute atomic E-state index is 13.0. The minimum absolute atomic E-state index is 0.168. The lowest BCUT2D eigenvalue weighted by Crippen LogP contribution is -2.53. The fourth-order valence-electron chi connectivity index (χ4n) is 4.21. The topological polar surface area (TPSA) is 90.6 Å². The van der Waals surface area contributed by atoms with E-state index in [1.807, 2.05) is 23.2 Å². The molecule has 1 aliphatic heterocycles. The van der Waals surface area contributed by atoms with E-state index in [1.54, 1.807) is 30.5 Å². The van der Waals surface area contributed by atoms with Gasteiger partial charge in [0.1, 0.15) is 5.65 Å². The number of aromatic amines is 1. The van der Waals surface area contributed by atoms with Crippen LogP contribution in [-0.2, 0) is 4.74 Å². The summed E-state index contributed by atoms with van der Waals surface area (Å²) in [6.45, 7) is 3.52. The molecule has 4 rings (SSSR count). The number of fused-ring (bicyclic) bond motifs is 1. The molecule has 0 spiro atoms. The van der Waals surface area contributed by atoms with E-state index in [1.165, 1.54) is 7.11 Å². The Kier molecular flexibility index (Phi) is 5.79. The van der Waals surface area contributed by atoms with E-state index in [0.29, 0.717) is 30.3 Å². The highest BCUT2D eigenvalue weighted by Gasteiger charge is 2.32. The maximum atomic E-state index is 13.0. The first-order valence-electron chi connectivity index (χ1n) is 10.4. The number of H-pyrrole nitrogens is 1. The zero-order valence-electron chi connectivity index (χ0n) is 18.0. The summed E-state index contributed by atoms with van der Waals surface area (Å²) in [5, 5.41) is 3.98. The Morgan fingerprint density at radius 2 is 2.13 bits per heavy atom. The van der Waals surface area contributed by atoms with E-state index >= 15 is 0 Å². The monoisotopic (exact) mass is 421 g/mol. The Labute approximate surface area is 181 Å². The van der Waals surface area contributed by atoms with E-state index in [9.17, 15) is 9.59 Å². The number of urea groups is 1. The predicted octanol–water partition coefficient (Wildman–Crippen LogP) is 3.73. The lowest BCUT2D eigenvalue weighted by molar-refractivity contribution is 0.0600. The number of carbonyl (C=O) groups is 2. The van der Waals surface area contributed by atoms with Gasteiger partial charge in [-0.3, -0.25) is 0 Å². The molecule has 31 heavy (non-hydrogen) atoms. The summed E-state index contributed by atoms with van der Waals surface area (Å²) in [5.74, 6) is -0.00290. The van der Waals surface area contributed by atoms with Gasteiger partial charge in [-0.05, 0) is 42.7 Å². The Bertz CT molecular complexity index is 1100. The number of pyridine rings is 1. The quantitative estimate of drug-likeness (QED) is 0.627. The van der Waals surface area contributed by atoms with Crippen LogP contribution in [0.15, 0.2) is 48.8 Å². The zero-order chi connectivity index (χ0) is 22.0. The van der Waals surface area contributed by atoms with Gasteiger partial charge in [0.15, 0.2) is 0 Å². The van der Waals surface area contributed by atoms with E-state index < -0.39 is 5.97 Å². The van der Waals surface area contributed by atoms with Crippen LogP contribution in [0.3, 0.4) is 0 Å². The van der Waals surface area contributed by atoms with E-state index in [0.717, 1.165) is 23.1 Å². The summed E-state index contributed by atoms with van der Waals surface area (Å²) < 4.78 is 4.76. The summed E-state index contributed by atoms with van der Waals surface area (Å²) in [4.78, 5) is 36.3. The fraction of sp³-hybridized carbons (Fsp3) is 0.348. The van der Waals surface area contributed by atoms with Crippen molar-refractivity contribution in [1.82, 2.24) is 14.9 Å². The van der Waals surface area contributed by atoms with Crippen LogP contribution in [0.2, 0.25) is 0 Å². The Balaban J connectivity index is 1.49. The second-order valence-corrected chi connectivity index (χ2v) is 7.96. The van der Waals surface area contributed by atoms with Crippen LogP contribution in [0.25, 0.3) is 11.0 Å². The van der Waals surface area contributed by atoms with Crippen molar-refractivity contribution in [1.29, 1.82) is 0 Å². The van der Waals surface area contributed by atoms with Gasteiger partial charge in [0.05, 0.1) is 12.7 Å². The van der Waals surface area contributed by atoms with Crippen LogP contribution in [-0.4, -0.2) is 60.2 Å². The smallest absolute Gasteiger partial charge is 0.337 e. The highest BCUT2D eigenvalue weighted by atomic mass is 16.5. The molecular weight excluding hydrogens is 394 g/mol. The van der Waals surface area contributed by atoms with Gasteiger partial charge in [0.2, 0.25) is 0 Å². The Morgan fingerprint density at radius 1 is 1.29 bits per heavy atom. The normalized spacial score (nSPS) is 18.6. The van der Waals surface area contributed by atoms with Crippen molar-refractivity contribution in [2.45, 2.75) is 19.4 Å². The molecule has 0 bridgehead atoms. The number of ether oxygens (including phenoxy) is 1. The van der Waals surface area contributed by atoms with E-state index in [2.05, 4.69) is 34.2 Å². The summed E-state index contributed by atoms with van der Waals surface area (Å²) >= 11 is 0. The minimum atomic E-state index is -0.432. The lowest BCUT2D eigenvalue weighted by Gasteiger charge is -2.42. The number of rotatable bonds is 4. The molecule has 2 atom stereocenters. The van der Waals surface area contributed by atoms with Crippen LogP contribution in [0, 0.1) is 5.92 Å². The summed E-state index contributed by atoms with van der Waals surface area (Å²) in [7, 11) is 3.41. The third-order valence-electron chi connectivity index (χ3n) is 6.06. The molecule has 0 unspecified atom stereocenters. The van der Waals surface area contributed by atoms with Gasteiger partial charge in [0, 0.05) is 55.3 Å². The SMILES string of the molecule is COC(=O)c1cccc(NC(=O)N2CC[C@@H](C)[C@@H](N(C)c3ccnc4[nH]ccc34)C2)c1. The third-order valence-corrected chi connectivity index (χ3v) is 6.06. The van der Waals surface area contributed by atoms with Gasteiger partial charge in [-0.1, -0.05) is 13.0 Å². The molecule has 0 aliphatic carbocycles. The van der Waals surface area contributed by atoms with Gasteiger partial charge in [-0.15, -0.1) is 0 Å². The van der Waals surface area contributed by atoms with Crippen LogP contribution in [0.5, 0.6) is 0 Å². The largest absolute Gasteiger partial charge is 0.465 e. The first-order valence-corrected chi connectivity index (χ1v) is 10.4. The van der Waals surface area contributed by atoms with E-state index in [4.69, 9.17) is 4.74 Å². The number of piperidine rings is 1. The number of nitrogens with one attached hydrogen (secondary N) is 2. The number of benzene rings is 1. The number of esters is 1. The summed E-state index contributed by atoms with van der Waals surface area (Å²) in [6.07, 6.45) is 4.60. The number of carbonyl (C=O) groups excluding carboxylic acids is 2. The van der Waals surface area contributed by atoms with Crippen molar-refractivity contribution in [3.8, 4) is 0 Å². The van der Waals surface area contributed by atoms with Crippen molar-refractivity contribution in [3.63, 3.8) is 0 Å². The molecule has 3 heterocycles. The van der Waals surface area contributed by atoms with Crippen LogP contribution in [0.4, 0.5) is 16.2 Å². The fourth-order valence-corrected chi connectivity index (χ4v) is 4.21. The molecule has 162 valence electrons. The first-order chi connectivity index (χ1) is 15.0. The first kappa shape index (κ1) is 20.7. The van der Waals surface area contributed by atoms with Crippen LogP contribution >= 0.6 is 0 Å². The molecule has 1 saturated heterocycles. The van der Waals surface area contributed by atoms with Crippen molar-refractivity contribution in [3.05, 3.63) is 54.4 Å². The predicted molar refractivity (Wildman–Crippen MR) is 120 cm³/mol. The third kappa shape index (κ3) is 4.19. The van der Waals surface area contributed by atoms with Gasteiger partial charge in [-0.2, -0.15) is 0 Å². The van der Waals surface area contributed by atoms with Crippen molar-refractivity contribution < 1.29 is 14.3 Å². The van der Waals surface area contributed by atoms with Crippen LogP contribution < -0.4 is 10.2 Å². The van der Waals surface area contributed by atoms with Crippen molar-refractivity contribution in [2.24, 2.45) is 5.92 Å². The molecule has 8 heteroatoms. The molecule has 2 amide bonds. The number of likely N-dealkylation sites (N-methyl/N-ethyl adjacent to an activating group) is 1. The lowest BCUT2D eigenvalue weighted by atomic mass is 9.92. The molecule has 0 saturated carbocycles. The molecule has 1 fully saturated rings. The van der Waals surface area contributed by atoms with Gasteiger partial charge in [-0.25, -0.2) is 14.6 Å². The molecule has 8 nitrogen and oxygen atoms in total. The van der Waals surface area contributed by atoms with Gasteiger partial charge in [0.25, 0.3) is 0 Å². The summed E-state index contributed by atoms with van der Waals surface area (Å²) in [6, 6.07) is 10.8. The molecule has 2 N–H and O–H groups in total. The summed E-state index contributed by atoms with van der Waals surface area (Å²) in [5.41, 5.74) is 2.92. The Hall–Kier alpha value is -3.55. The second-order valence-electron chi connectivity index (χ2n) is 7.96. The number of anilines is 2. The number of nitrogens with zero attached hydrogens (tertiary/aromatic N) is 3. The number of hydrogen-bond acceptors (Lipinski definition) is 5. The average Bonchev–Trinajstić information content (AvgIpc) is 3.27. The Morgan fingerprint density at radius 3 is 2.94 bits per heavy atom. The van der Waals surface area contributed by atoms with E-state index in [-0.39, 0.29) is 12.1 Å². The van der Waals surface area contributed by atoms with Gasteiger partial charge < -0.3 is 24.8 Å². The van der Waals surface area contributed by atoms with Crippen molar-refractivity contribution >= 4 is 34.4 Å². The number of hydrogen-bond donors (Lipinski definition) is 2. The van der Waals surface area contributed by atoms with Crippen LogP contribution in [0.1, 0.15) is 23.7 Å². The molecular formula is C23H27N5O3. The molecule has 3 aromatic rings. The molecule has 1 aromatic carbocycles.